The van der Waals surface area contributed by atoms with Crippen molar-refractivity contribution in [2.75, 3.05) is 19.7 Å². The second-order valence-corrected chi connectivity index (χ2v) is 9.22. The first-order chi connectivity index (χ1) is 19.4. The Balaban J connectivity index is 2.51. The number of nitrogens with one attached hydrogen (secondary N) is 4. The number of aliphatic hydroxyl groups excluding tert-OH is 1. The van der Waals surface area contributed by atoms with Gasteiger partial charge in [-0.15, -0.1) is 0 Å². The van der Waals surface area contributed by atoms with Crippen LogP contribution in [0.2, 0.25) is 0 Å². The first-order valence-corrected chi connectivity index (χ1v) is 12.8. The maximum absolute atomic E-state index is 13.2. The SMILES string of the molecule is C=C(O)CNC(=O)C1CCOc2ccc([N+](=O)[O-])cc2C(=O)N[C@@H](CCC(=O)O)C(=O)N[C@@H](CCCCN)C(=O)N1. The maximum atomic E-state index is 13.2. The molecule has 3 atom stereocenters. The largest absolute Gasteiger partial charge is 0.511 e. The van der Waals surface area contributed by atoms with E-state index in [9.17, 15) is 39.2 Å². The van der Waals surface area contributed by atoms with Crippen molar-refractivity contribution < 1.29 is 43.8 Å². The summed E-state index contributed by atoms with van der Waals surface area (Å²) in [5.41, 5.74) is 4.80. The van der Waals surface area contributed by atoms with Gasteiger partial charge in [-0.1, -0.05) is 6.58 Å². The third kappa shape index (κ3) is 10.4. The second kappa shape index (κ2) is 15.8. The van der Waals surface area contributed by atoms with Gasteiger partial charge in [0.25, 0.3) is 11.6 Å². The van der Waals surface area contributed by atoms with Crippen LogP contribution in [0.4, 0.5) is 5.69 Å². The molecule has 0 fully saturated rings. The zero-order chi connectivity index (χ0) is 30.5. The van der Waals surface area contributed by atoms with E-state index < -0.39 is 64.8 Å². The molecular formula is C25H34N6O10. The molecule has 8 N–H and O–H groups in total. The van der Waals surface area contributed by atoms with E-state index in [1.165, 1.54) is 6.07 Å². The molecule has 1 heterocycles. The molecule has 0 aliphatic carbocycles. The quantitative estimate of drug-likeness (QED) is 0.0771. The average Bonchev–Trinajstić information content (AvgIpc) is 2.91. The van der Waals surface area contributed by atoms with Gasteiger partial charge >= 0.3 is 5.97 Å². The van der Waals surface area contributed by atoms with Crippen LogP contribution in [0.1, 0.15) is 48.9 Å². The van der Waals surface area contributed by atoms with Crippen LogP contribution in [0.3, 0.4) is 0 Å². The van der Waals surface area contributed by atoms with Gasteiger partial charge < -0.3 is 42.0 Å². The minimum atomic E-state index is -1.44. The molecule has 0 bridgehead atoms. The van der Waals surface area contributed by atoms with Gasteiger partial charge in [0.1, 0.15) is 29.6 Å². The van der Waals surface area contributed by atoms with E-state index in [0.717, 1.165) is 12.1 Å². The molecule has 224 valence electrons. The van der Waals surface area contributed by atoms with Crippen molar-refractivity contribution >= 4 is 35.3 Å². The summed E-state index contributed by atoms with van der Waals surface area (Å²) < 4.78 is 5.66. The summed E-state index contributed by atoms with van der Waals surface area (Å²) in [5, 5.41) is 39.7. The highest BCUT2D eigenvalue weighted by Crippen LogP contribution is 2.25. The summed E-state index contributed by atoms with van der Waals surface area (Å²) in [4.78, 5) is 74.3. The highest BCUT2D eigenvalue weighted by molar-refractivity contribution is 6.01. The molecule has 0 saturated carbocycles. The van der Waals surface area contributed by atoms with Gasteiger partial charge in [-0.05, 0) is 38.3 Å². The lowest BCUT2D eigenvalue weighted by Crippen LogP contribution is -2.57. The van der Waals surface area contributed by atoms with Crippen LogP contribution in [0, 0.1) is 10.1 Å². The van der Waals surface area contributed by atoms with Crippen molar-refractivity contribution in [2.24, 2.45) is 5.73 Å². The number of nitrogens with two attached hydrogens (primary N) is 1. The highest BCUT2D eigenvalue weighted by atomic mass is 16.6. The molecular weight excluding hydrogens is 544 g/mol. The van der Waals surface area contributed by atoms with Crippen molar-refractivity contribution in [3.63, 3.8) is 0 Å². The third-order valence-corrected chi connectivity index (χ3v) is 6.03. The summed E-state index contributed by atoms with van der Waals surface area (Å²) in [6.45, 7) is 3.08. The number of non-ortho nitro benzene ring substituents is 1. The summed E-state index contributed by atoms with van der Waals surface area (Å²) in [5.74, 6) is -4.95. The molecule has 1 aromatic rings. The molecule has 1 aliphatic heterocycles. The number of carboxylic acids is 1. The minimum Gasteiger partial charge on any atom is -0.511 e. The van der Waals surface area contributed by atoms with Gasteiger partial charge in [-0.25, -0.2) is 0 Å². The molecule has 1 unspecified atom stereocenters. The number of unbranched alkanes of at least 4 members (excludes halogenated alkanes) is 1. The monoisotopic (exact) mass is 578 g/mol. The van der Waals surface area contributed by atoms with Crippen LogP contribution >= 0.6 is 0 Å². The number of carbonyl (C=O) groups is 5. The Morgan fingerprint density at radius 2 is 1.78 bits per heavy atom. The number of carboxylic acid groups (broad SMARTS) is 1. The Morgan fingerprint density at radius 3 is 2.41 bits per heavy atom. The van der Waals surface area contributed by atoms with Gasteiger partial charge in [-0.3, -0.25) is 34.1 Å². The number of aliphatic carboxylic acids is 1. The van der Waals surface area contributed by atoms with E-state index in [4.69, 9.17) is 15.6 Å². The molecule has 41 heavy (non-hydrogen) atoms. The van der Waals surface area contributed by atoms with E-state index in [0.29, 0.717) is 19.4 Å². The number of nitro groups is 1. The smallest absolute Gasteiger partial charge is 0.303 e. The number of amides is 4. The number of carbonyl (C=O) groups excluding carboxylic acids is 4. The van der Waals surface area contributed by atoms with Gasteiger partial charge in [0, 0.05) is 25.0 Å². The number of ether oxygens (including phenoxy) is 1. The van der Waals surface area contributed by atoms with Crippen molar-refractivity contribution in [2.45, 2.75) is 56.7 Å². The molecule has 1 aliphatic rings. The lowest BCUT2D eigenvalue weighted by atomic mass is 10.0. The molecule has 1 aromatic carbocycles. The fourth-order valence-corrected chi connectivity index (χ4v) is 3.88. The Morgan fingerprint density at radius 1 is 1.10 bits per heavy atom. The van der Waals surface area contributed by atoms with Crippen molar-refractivity contribution in [1.82, 2.24) is 21.3 Å². The zero-order valence-corrected chi connectivity index (χ0v) is 22.2. The predicted molar refractivity (Wildman–Crippen MR) is 143 cm³/mol. The molecule has 0 saturated heterocycles. The van der Waals surface area contributed by atoms with Crippen LogP contribution in [0.15, 0.2) is 30.5 Å². The molecule has 0 spiro atoms. The molecule has 2 rings (SSSR count). The highest BCUT2D eigenvalue weighted by Gasteiger charge is 2.31. The number of benzene rings is 1. The first kappa shape index (κ1) is 32.5. The lowest BCUT2D eigenvalue weighted by molar-refractivity contribution is -0.384. The summed E-state index contributed by atoms with van der Waals surface area (Å²) in [7, 11) is 0. The number of hydrogen-bond acceptors (Lipinski definition) is 10. The molecule has 16 heteroatoms. The molecule has 16 nitrogen and oxygen atoms in total. The van der Waals surface area contributed by atoms with E-state index in [1.54, 1.807) is 0 Å². The average molecular weight is 579 g/mol. The minimum absolute atomic E-state index is 0.113. The van der Waals surface area contributed by atoms with Crippen LogP contribution in [-0.2, 0) is 19.2 Å². The number of nitrogens with zero attached hydrogens (tertiary/aromatic N) is 1. The van der Waals surface area contributed by atoms with Crippen molar-refractivity contribution in [3.05, 3.63) is 46.2 Å². The van der Waals surface area contributed by atoms with Crippen LogP contribution in [0.25, 0.3) is 0 Å². The number of rotatable bonds is 11. The zero-order valence-electron chi connectivity index (χ0n) is 22.2. The van der Waals surface area contributed by atoms with E-state index in [-0.39, 0.29) is 49.5 Å². The Labute approximate surface area is 234 Å². The van der Waals surface area contributed by atoms with Crippen LogP contribution < -0.4 is 31.7 Å². The number of aliphatic hydroxyl groups is 1. The van der Waals surface area contributed by atoms with E-state index >= 15 is 0 Å². The Hall–Kier alpha value is -4.73. The molecule has 0 radical (unpaired) electrons. The van der Waals surface area contributed by atoms with Crippen molar-refractivity contribution in [3.8, 4) is 5.75 Å². The van der Waals surface area contributed by atoms with Crippen LogP contribution in [-0.4, -0.2) is 82.6 Å². The maximum Gasteiger partial charge on any atom is 0.303 e. The summed E-state index contributed by atoms with van der Waals surface area (Å²) >= 11 is 0. The van der Waals surface area contributed by atoms with Gasteiger partial charge in [0.05, 0.1) is 23.6 Å². The Bertz CT molecular complexity index is 1170. The number of hydrogen-bond donors (Lipinski definition) is 7. The number of nitro benzene ring substituents is 1. The Kier molecular flexibility index (Phi) is 12.5. The first-order valence-electron chi connectivity index (χ1n) is 12.8. The third-order valence-electron chi connectivity index (χ3n) is 6.03. The summed E-state index contributed by atoms with van der Waals surface area (Å²) in [6.07, 6.45) is 0.0530. The fourth-order valence-electron chi connectivity index (χ4n) is 3.88. The van der Waals surface area contributed by atoms with E-state index in [2.05, 4.69) is 27.8 Å². The van der Waals surface area contributed by atoms with Gasteiger partial charge in [-0.2, -0.15) is 0 Å². The fraction of sp³-hybridized carbons (Fsp3) is 0.480. The van der Waals surface area contributed by atoms with Crippen LogP contribution in [0.5, 0.6) is 5.75 Å². The van der Waals surface area contributed by atoms with Gasteiger partial charge in [0.2, 0.25) is 17.7 Å². The number of fused-ring (bicyclic) bond motifs is 1. The molecule has 0 aromatic heterocycles. The van der Waals surface area contributed by atoms with Crippen molar-refractivity contribution in [1.29, 1.82) is 0 Å². The standard InChI is InChI=1S/C25H34N6O10/c1-14(32)13-27-23(36)19-9-11-41-20-7-5-15(31(39)40)12-16(20)22(35)28-18(6-8-21(33)34)25(38)29-17(24(37)30-19)4-2-3-10-26/h5,7,12,17-19,32H,1-4,6,8-11,13,26H2,(H,27,36)(H,28,35)(H,29,38)(H,30,37)(H,33,34)/t17-,18-,19?/m0/s1. The predicted octanol–water partition coefficient (Wildman–Crippen LogP) is -0.373. The lowest BCUT2D eigenvalue weighted by Gasteiger charge is -2.26. The van der Waals surface area contributed by atoms with E-state index in [1.807, 2.05) is 0 Å². The normalized spacial score (nSPS) is 19.7. The summed E-state index contributed by atoms with van der Waals surface area (Å²) in [6, 6.07) is -0.628. The molecule has 4 amide bonds. The topological polar surface area (TPSA) is 252 Å². The second-order valence-electron chi connectivity index (χ2n) is 9.22. The van der Waals surface area contributed by atoms with Gasteiger partial charge in [0.15, 0.2) is 0 Å².